The maximum absolute atomic E-state index is 6.43. The van der Waals surface area contributed by atoms with Gasteiger partial charge in [-0.05, 0) is 36.8 Å². The Morgan fingerprint density at radius 3 is 2.67 bits per heavy atom. The summed E-state index contributed by atoms with van der Waals surface area (Å²) < 4.78 is 1.74. The van der Waals surface area contributed by atoms with Crippen LogP contribution in [0, 0.1) is 6.92 Å². The lowest BCUT2D eigenvalue weighted by atomic mass is 10.2. The van der Waals surface area contributed by atoms with Gasteiger partial charge in [0.1, 0.15) is 11.0 Å². The van der Waals surface area contributed by atoms with Gasteiger partial charge in [-0.1, -0.05) is 41.4 Å². The number of aryl methyl sites for hydroxylation is 1. The van der Waals surface area contributed by atoms with Gasteiger partial charge in [0.2, 0.25) is 0 Å². The zero-order valence-corrected chi connectivity index (χ0v) is 14.5. The van der Waals surface area contributed by atoms with E-state index in [9.17, 15) is 0 Å². The Hall–Kier alpha value is -2.37. The molecule has 3 rings (SSSR count). The second-order valence-corrected chi connectivity index (χ2v) is 5.95. The number of benzene rings is 1. The fourth-order valence-electron chi connectivity index (χ4n) is 2.17. The summed E-state index contributed by atoms with van der Waals surface area (Å²) in [7, 11) is 0. The minimum absolute atomic E-state index is 0.536. The molecule has 0 aliphatic heterocycles. The number of pyridine rings is 1. The largest absolute Gasteiger partial charge is 0.261 e. The van der Waals surface area contributed by atoms with Crippen molar-refractivity contribution in [3.8, 4) is 0 Å². The number of aromatic nitrogens is 3. The van der Waals surface area contributed by atoms with Crippen LogP contribution >= 0.6 is 23.2 Å². The predicted molar refractivity (Wildman–Crippen MR) is 98.0 cm³/mol. The fraction of sp³-hybridized carbons (Fsp3) is 0.118. The zero-order chi connectivity index (χ0) is 16.9. The number of hydrazone groups is 1. The third kappa shape index (κ3) is 3.93. The third-order valence-electron chi connectivity index (χ3n) is 3.39. The highest BCUT2D eigenvalue weighted by molar-refractivity contribution is 6.32. The summed E-state index contributed by atoms with van der Waals surface area (Å²) in [4.78, 5) is 4.13. The van der Waals surface area contributed by atoms with E-state index in [1.165, 1.54) is 0 Å². The lowest BCUT2D eigenvalue weighted by Crippen LogP contribution is -2.02. The molecule has 0 fully saturated rings. The molecule has 0 bridgehead atoms. The molecule has 0 unspecified atom stereocenters. The van der Waals surface area contributed by atoms with E-state index in [2.05, 4.69) is 20.6 Å². The molecule has 0 saturated heterocycles. The van der Waals surface area contributed by atoms with Crippen LogP contribution in [0.3, 0.4) is 0 Å². The summed E-state index contributed by atoms with van der Waals surface area (Å²) in [6.07, 6.45) is 3.35. The van der Waals surface area contributed by atoms with E-state index in [1.807, 2.05) is 49.4 Å². The van der Waals surface area contributed by atoms with Gasteiger partial charge in [0.15, 0.2) is 0 Å². The molecule has 122 valence electrons. The quantitative estimate of drug-likeness (QED) is 0.542. The van der Waals surface area contributed by atoms with E-state index in [4.69, 9.17) is 23.2 Å². The van der Waals surface area contributed by atoms with Crippen molar-refractivity contribution in [3.63, 3.8) is 0 Å². The van der Waals surface area contributed by atoms with Crippen molar-refractivity contribution in [2.75, 3.05) is 5.43 Å². The highest BCUT2D eigenvalue weighted by Crippen LogP contribution is 2.20. The number of hydrogen-bond donors (Lipinski definition) is 1. The van der Waals surface area contributed by atoms with Gasteiger partial charge in [-0.25, -0.2) is 9.67 Å². The molecular weight excluding hydrogens is 345 g/mol. The van der Waals surface area contributed by atoms with E-state index >= 15 is 0 Å². The summed E-state index contributed by atoms with van der Waals surface area (Å²) in [5.41, 5.74) is 5.51. The van der Waals surface area contributed by atoms with Crippen LogP contribution in [0.15, 0.2) is 53.8 Å². The van der Waals surface area contributed by atoms with Gasteiger partial charge in [-0.15, -0.1) is 0 Å². The van der Waals surface area contributed by atoms with Gasteiger partial charge < -0.3 is 0 Å². The van der Waals surface area contributed by atoms with Crippen molar-refractivity contribution in [1.29, 1.82) is 0 Å². The molecule has 3 aromatic rings. The van der Waals surface area contributed by atoms with E-state index < -0.39 is 0 Å². The first-order valence-corrected chi connectivity index (χ1v) is 8.06. The van der Waals surface area contributed by atoms with Crippen LogP contribution in [-0.2, 0) is 6.54 Å². The second kappa shape index (κ2) is 7.47. The van der Waals surface area contributed by atoms with E-state index in [0.717, 1.165) is 16.8 Å². The Morgan fingerprint density at radius 2 is 1.96 bits per heavy atom. The number of nitrogens with zero attached hydrogens (tertiary/aromatic N) is 4. The summed E-state index contributed by atoms with van der Waals surface area (Å²) >= 11 is 12.3. The van der Waals surface area contributed by atoms with Crippen LogP contribution in [-0.4, -0.2) is 21.0 Å². The summed E-state index contributed by atoms with van der Waals surface area (Å²) in [5.74, 6) is 0.663. The lowest BCUT2D eigenvalue weighted by molar-refractivity contribution is 0.680. The average Bonchev–Trinajstić information content (AvgIpc) is 2.85. The third-order valence-corrected chi connectivity index (χ3v) is 4.04. The van der Waals surface area contributed by atoms with Crippen LogP contribution in [0.25, 0.3) is 0 Å². The van der Waals surface area contributed by atoms with Crippen LogP contribution in [0.2, 0.25) is 10.2 Å². The standard InChI is InChI=1S/C17H15Cl2N5/c1-12-15(10-21-22-16-4-2-3-9-20-16)17(19)24(23-12)11-13-5-7-14(18)8-6-13/h2-10H,11H2,1H3,(H,20,22). The van der Waals surface area contributed by atoms with Gasteiger partial charge in [-0.3, -0.25) is 5.43 Å². The molecule has 5 nitrogen and oxygen atoms in total. The maximum atomic E-state index is 6.43. The first-order chi connectivity index (χ1) is 11.6. The highest BCUT2D eigenvalue weighted by atomic mass is 35.5. The van der Waals surface area contributed by atoms with Crippen LogP contribution in [0.4, 0.5) is 5.82 Å². The van der Waals surface area contributed by atoms with E-state index in [0.29, 0.717) is 22.5 Å². The fourth-order valence-corrected chi connectivity index (χ4v) is 2.58. The average molecular weight is 360 g/mol. The van der Waals surface area contributed by atoms with Crippen LogP contribution in [0.1, 0.15) is 16.8 Å². The zero-order valence-electron chi connectivity index (χ0n) is 12.9. The van der Waals surface area contributed by atoms with E-state index in [-0.39, 0.29) is 0 Å². The molecule has 7 heteroatoms. The molecule has 0 aliphatic carbocycles. The van der Waals surface area contributed by atoms with Gasteiger partial charge in [0.05, 0.1) is 24.0 Å². The molecule has 1 aromatic carbocycles. The second-order valence-electron chi connectivity index (χ2n) is 5.16. The number of hydrogen-bond acceptors (Lipinski definition) is 4. The molecule has 0 spiro atoms. The van der Waals surface area contributed by atoms with Crippen molar-refractivity contribution in [2.45, 2.75) is 13.5 Å². The predicted octanol–water partition coefficient (Wildman–Crippen LogP) is 4.39. The number of anilines is 1. The Bertz CT molecular complexity index is 841. The topological polar surface area (TPSA) is 55.1 Å². The number of halogens is 2. The monoisotopic (exact) mass is 359 g/mol. The first-order valence-electron chi connectivity index (χ1n) is 7.31. The summed E-state index contributed by atoms with van der Waals surface area (Å²) in [6.45, 7) is 2.46. The SMILES string of the molecule is Cc1nn(Cc2ccc(Cl)cc2)c(Cl)c1C=NNc1ccccn1. The Balaban J connectivity index is 1.75. The van der Waals surface area contributed by atoms with Gasteiger partial charge in [0, 0.05) is 11.2 Å². The molecule has 1 N–H and O–H groups in total. The van der Waals surface area contributed by atoms with E-state index in [1.54, 1.807) is 17.1 Å². The number of nitrogens with one attached hydrogen (secondary N) is 1. The van der Waals surface area contributed by atoms with Gasteiger partial charge in [-0.2, -0.15) is 10.2 Å². The molecule has 0 atom stereocenters. The van der Waals surface area contributed by atoms with Crippen molar-refractivity contribution in [2.24, 2.45) is 5.10 Å². The highest BCUT2D eigenvalue weighted by Gasteiger charge is 2.12. The smallest absolute Gasteiger partial charge is 0.146 e. The normalized spacial score (nSPS) is 11.1. The maximum Gasteiger partial charge on any atom is 0.146 e. The molecule has 0 radical (unpaired) electrons. The number of rotatable bonds is 5. The van der Waals surface area contributed by atoms with Crippen LogP contribution < -0.4 is 5.43 Å². The van der Waals surface area contributed by atoms with Crippen LogP contribution in [0.5, 0.6) is 0 Å². The molecule has 24 heavy (non-hydrogen) atoms. The summed E-state index contributed by atoms with van der Waals surface area (Å²) in [5, 5.41) is 9.88. The molecule has 0 saturated carbocycles. The Labute approximate surface area is 149 Å². The Kier molecular flexibility index (Phi) is 5.13. The van der Waals surface area contributed by atoms with Crippen molar-refractivity contribution < 1.29 is 0 Å². The van der Waals surface area contributed by atoms with Crippen molar-refractivity contribution in [3.05, 3.63) is 75.7 Å². The van der Waals surface area contributed by atoms with Gasteiger partial charge in [0.25, 0.3) is 0 Å². The lowest BCUT2D eigenvalue weighted by Gasteiger charge is -2.03. The first kappa shape index (κ1) is 16.5. The molecule has 0 aliphatic rings. The molecular formula is C17H15Cl2N5. The molecule has 0 amide bonds. The molecule has 2 heterocycles. The van der Waals surface area contributed by atoms with Gasteiger partial charge >= 0.3 is 0 Å². The molecule has 2 aromatic heterocycles. The Morgan fingerprint density at radius 1 is 1.17 bits per heavy atom. The minimum atomic E-state index is 0.536. The van der Waals surface area contributed by atoms with Crippen molar-refractivity contribution >= 4 is 35.2 Å². The van der Waals surface area contributed by atoms with Crippen molar-refractivity contribution in [1.82, 2.24) is 14.8 Å². The summed E-state index contributed by atoms with van der Waals surface area (Å²) in [6, 6.07) is 13.2. The minimum Gasteiger partial charge on any atom is -0.261 e.